The molecule has 1 aliphatic heterocycles. The minimum absolute atomic E-state index is 0.770. The summed E-state index contributed by atoms with van der Waals surface area (Å²) in [6.07, 6.45) is 9.66. The summed E-state index contributed by atoms with van der Waals surface area (Å²) in [4.78, 5) is 2.60. The van der Waals surface area contributed by atoms with Gasteiger partial charge in [-0.3, -0.25) is 0 Å². The molecule has 0 aromatic heterocycles. The van der Waals surface area contributed by atoms with Gasteiger partial charge >= 0.3 is 0 Å². The van der Waals surface area contributed by atoms with Crippen molar-refractivity contribution in [2.24, 2.45) is 11.8 Å². The smallest absolute Gasteiger partial charge is 0.0254 e. The van der Waals surface area contributed by atoms with Crippen LogP contribution in [0.2, 0.25) is 0 Å². The second-order valence-electron chi connectivity index (χ2n) is 6.07. The van der Waals surface area contributed by atoms with Crippen LogP contribution in [0.3, 0.4) is 0 Å². The first kappa shape index (κ1) is 14.6. The summed E-state index contributed by atoms with van der Waals surface area (Å²) in [5, 5.41) is 3.66. The molecule has 2 nitrogen and oxygen atoms in total. The van der Waals surface area contributed by atoms with Crippen LogP contribution in [0.15, 0.2) is 0 Å². The van der Waals surface area contributed by atoms with Crippen molar-refractivity contribution in [3.8, 4) is 0 Å². The van der Waals surface area contributed by atoms with Crippen molar-refractivity contribution < 1.29 is 0 Å². The van der Waals surface area contributed by atoms with Gasteiger partial charge in [-0.1, -0.05) is 12.8 Å². The van der Waals surface area contributed by atoms with Crippen LogP contribution in [0, 0.1) is 11.8 Å². The van der Waals surface area contributed by atoms with Crippen LogP contribution in [0.4, 0.5) is 0 Å². The van der Waals surface area contributed by atoms with Crippen molar-refractivity contribution in [3.63, 3.8) is 0 Å². The van der Waals surface area contributed by atoms with E-state index >= 15 is 0 Å². The van der Waals surface area contributed by atoms with E-state index in [-0.39, 0.29) is 0 Å². The first-order valence-corrected chi connectivity index (χ1v) is 8.42. The highest BCUT2D eigenvalue weighted by Crippen LogP contribution is 2.30. The minimum atomic E-state index is 0.770. The van der Waals surface area contributed by atoms with E-state index in [0.717, 1.165) is 17.7 Å². The normalized spacial score (nSPS) is 29.8. The third kappa shape index (κ3) is 4.71. The van der Waals surface area contributed by atoms with Crippen molar-refractivity contribution in [2.45, 2.75) is 44.9 Å². The molecule has 2 atom stereocenters. The van der Waals surface area contributed by atoms with Gasteiger partial charge in [-0.2, -0.15) is 0 Å². The van der Waals surface area contributed by atoms with E-state index in [1.807, 2.05) is 0 Å². The number of nitrogens with zero attached hydrogens (tertiary/aromatic N) is 1. The molecule has 2 fully saturated rings. The van der Waals surface area contributed by atoms with Crippen LogP contribution in [0.25, 0.3) is 0 Å². The molecule has 2 unspecified atom stereocenters. The molecule has 0 aromatic carbocycles. The first-order chi connectivity index (χ1) is 8.90. The van der Waals surface area contributed by atoms with Gasteiger partial charge in [0.05, 0.1) is 0 Å². The highest BCUT2D eigenvalue weighted by molar-refractivity contribution is 6.18. The summed E-state index contributed by atoms with van der Waals surface area (Å²) in [5.41, 5.74) is 0. The number of hydrogen-bond donors (Lipinski definition) is 1. The van der Waals surface area contributed by atoms with E-state index in [4.69, 9.17) is 11.6 Å². The quantitative estimate of drug-likeness (QED) is 0.566. The number of halogens is 1. The number of nitrogens with one attached hydrogen (secondary N) is 1. The molecule has 2 rings (SSSR count). The van der Waals surface area contributed by atoms with Crippen molar-refractivity contribution in [3.05, 3.63) is 0 Å². The second-order valence-corrected chi connectivity index (χ2v) is 6.37. The van der Waals surface area contributed by atoms with Crippen LogP contribution >= 0.6 is 11.6 Å². The Balaban J connectivity index is 1.51. The molecule has 0 bridgehead atoms. The lowest BCUT2D eigenvalue weighted by Gasteiger charge is -2.30. The number of likely N-dealkylation sites (tertiary alicyclic amines) is 1. The van der Waals surface area contributed by atoms with Gasteiger partial charge in [0.25, 0.3) is 0 Å². The second kappa shape index (κ2) is 8.39. The Bertz CT molecular complexity index is 217. The van der Waals surface area contributed by atoms with Crippen molar-refractivity contribution in [2.75, 3.05) is 38.6 Å². The number of rotatable bonds is 7. The predicted molar refractivity (Wildman–Crippen MR) is 79.3 cm³/mol. The molecule has 1 saturated heterocycles. The van der Waals surface area contributed by atoms with E-state index in [0.29, 0.717) is 0 Å². The topological polar surface area (TPSA) is 15.3 Å². The summed E-state index contributed by atoms with van der Waals surface area (Å²) in [6, 6.07) is 0. The van der Waals surface area contributed by atoms with Gasteiger partial charge in [0, 0.05) is 5.88 Å². The standard InChI is InChI=1S/C15H29ClN2/c16-12-14-6-1-2-7-15(14)13-17-8-5-11-18-9-3-4-10-18/h14-15,17H,1-13H2. The molecule has 0 spiro atoms. The summed E-state index contributed by atoms with van der Waals surface area (Å²) in [7, 11) is 0. The Morgan fingerprint density at radius 3 is 2.44 bits per heavy atom. The van der Waals surface area contributed by atoms with Crippen LogP contribution < -0.4 is 5.32 Å². The van der Waals surface area contributed by atoms with Gasteiger partial charge in [0.1, 0.15) is 0 Å². The minimum Gasteiger partial charge on any atom is -0.316 e. The Morgan fingerprint density at radius 1 is 1.00 bits per heavy atom. The van der Waals surface area contributed by atoms with E-state index in [1.165, 1.54) is 77.7 Å². The molecule has 1 aliphatic carbocycles. The van der Waals surface area contributed by atoms with Gasteiger partial charge in [-0.25, -0.2) is 0 Å². The lowest BCUT2D eigenvalue weighted by Crippen LogP contribution is -2.33. The predicted octanol–water partition coefficient (Wildman–Crippen LogP) is 3.11. The molecular formula is C15H29ClN2. The summed E-state index contributed by atoms with van der Waals surface area (Å²) in [5.74, 6) is 2.47. The molecule has 0 aromatic rings. The van der Waals surface area contributed by atoms with Crippen molar-refractivity contribution >= 4 is 11.6 Å². The van der Waals surface area contributed by atoms with E-state index in [1.54, 1.807) is 0 Å². The lowest BCUT2D eigenvalue weighted by molar-refractivity contribution is 0.249. The average Bonchev–Trinajstić information content (AvgIpc) is 2.92. The molecule has 3 heteroatoms. The molecule has 1 saturated carbocycles. The van der Waals surface area contributed by atoms with Gasteiger partial charge in [-0.05, 0) is 76.7 Å². The third-order valence-corrected chi connectivity index (χ3v) is 5.09. The van der Waals surface area contributed by atoms with E-state index < -0.39 is 0 Å². The van der Waals surface area contributed by atoms with Crippen molar-refractivity contribution in [1.29, 1.82) is 0 Å². The lowest BCUT2D eigenvalue weighted by atomic mass is 9.80. The highest BCUT2D eigenvalue weighted by atomic mass is 35.5. The SMILES string of the molecule is ClCC1CCCCC1CNCCCN1CCCC1. The van der Waals surface area contributed by atoms with Crippen molar-refractivity contribution in [1.82, 2.24) is 10.2 Å². The largest absolute Gasteiger partial charge is 0.316 e. The Kier molecular flexibility index (Phi) is 6.82. The maximum atomic E-state index is 6.07. The van der Waals surface area contributed by atoms with E-state index in [9.17, 15) is 0 Å². The molecular weight excluding hydrogens is 244 g/mol. The molecule has 2 aliphatic rings. The molecule has 18 heavy (non-hydrogen) atoms. The first-order valence-electron chi connectivity index (χ1n) is 7.89. The number of alkyl halides is 1. The maximum absolute atomic E-state index is 6.07. The third-order valence-electron chi connectivity index (χ3n) is 4.70. The van der Waals surface area contributed by atoms with Gasteiger partial charge in [0.15, 0.2) is 0 Å². The zero-order valence-corrected chi connectivity index (χ0v) is 12.4. The maximum Gasteiger partial charge on any atom is 0.0254 e. The average molecular weight is 273 g/mol. The molecule has 0 amide bonds. The summed E-state index contributed by atoms with van der Waals surface area (Å²) >= 11 is 6.07. The van der Waals surface area contributed by atoms with Crippen LogP contribution in [-0.4, -0.2) is 43.5 Å². The van der Waals surface area contributed by atoms with E-state index in [2.05, 4.69) is 10.2 Å². The Morgan fingerprint density at radius 2 is 1.72 bits per heavy atom. The van der Waals surface area contributed by atoms with Gasteiger partial charge in [-0.15, -0.1) is 11.6 Å². The highest BCUT2D eigenvalue weighted by Gasteiger charge is 2.23. The zero-order valence-electron chi connectivity index (χ0n) is 11.7. The van der Waals surface area contributed by atoms with Crippen LogP contribution in [0.5, 0.6) is 0 Å². The zero-order chi connectivity index (χ0) is 12.6. The fourth-order valence-electron chi connectivity index (χ4n) is 3.48. The molecule has 0 radical (unpaired) electrons. The monoisotopic (exact) mass is 272 g/mol. The molecule has 1 N–H and O–H groups in total. The molecule has 1 heterocycles. The van der Waals surface area contributed by atoms with Crippen LogP contribution in [-0.2, 0) is 0 Å². The van der Waals surface area contributed by atoms with Gasteiger partial charge < -0.3 is 10.2 Å². The van der Waals surface area contributed by atoms with Gasteiger partial charge in [0.2, 0.25) is 0 Å². The fraction of sp³-hybridized carbons (Fsp3) is 1.00. The number of hydrogen-bond acceptors (Lipinski definition) is 2. The Labute approximate surface area is 117 Å². The Hall–Kier alpha value is 0.210. The molecule has 106 valence electrons. The summed E-state index contributed by atoms with van der Waals surface area (Å²) < 4.78 is 0. The van der Waals surface area contributed by atoms with Crippen LogP contribution in [0.1, 0.15) is 44.9 Å². The summed E-state index contributed by atoms with van der Waals surface area (Å²) in [6.45, 7) is 6.32. The fourth-order valence-corrected chi connectivity index (χ4v) is 3.88.